The van der Waals surface area contributed by atoms with Crippen LogP contribution in [0.3, 0.4) is 0 Å². The molecule has 2 fully saturated rings. The first kappa shape index (κ1) is 12.4. The maximum atomic E-state index is 6.02. The first-order chi connectivity index (χ1) is 7.86. The molecule has 16 heavy (non-hydrogen) atoms. The molecule has 0 amide bonds. The van der Waals surface area contributed by atoms with Crippen LogP contribution in [0, 0.1) is 0 Å². The van der Waals surface area contributed by atoms with Crippen LogP contribution in [0.15, 0.2) is 4.99 Å². The minimum absolute atomic E-state index is 0.714. The maximum Gasteiger partial charge on any atom is 0.191 e. The predicted octanol–water partition coefficient (Wildman–Crippen LogP) is 1.64. The summed E-state index contributed by atoms with van der Waals surface area (Å²) >= 11 is 4.07. The van der Waals surface area contributed by atoms with Crippen LogP contribution >= 0.6 is 23.5 Å². The lowest BCUT2D eigenvalue weighted by Crippen LogP contribution is -2.43. The highest BCUT2D eigenvalue weighted by Crippen LogP contribution is 2.25. The SMILES string of the molecule is NC(=NCC1CCCCS1)N1CCSCC1. The van der Waals surface area contributed by atoms with Gasteiger partial charge in [-0.05, 0) is 18.6 Å². The Bertz CT molecular complexity index is 233. The van der Waals surface area contributed by atoms with Crippen LogP contribution in [0.2, 0.25) is 0 Å². The van der Waals surface area contributed by atoms with E-state index >= 15 is 0 Å². The quantitative estimate of drug-likeness (QED) is 0.604. The van der Waals surface area contributed by atoms with Crippen LogP contribution < -0.4 is 5.73 Å². The molecule has 1 atom stereocenters. The van der Waals surface area contributed by atoms with E-state index in [-0.39, 0.29) is 0 Å². The molecule has 2 aliphatic heterocycles. The van der Waals surface area contributed by atoms with Crippen molar-refractivity contribution in [3.63, 3.8) is 0 Å². The monoisotopic (exact) mass is 259 g/mol. The van der Waals surface area contributed by atoms with Crippen molar-refractivity contribution in [3.8, 4) is 0 Å². The van der Waals surface area contributed by atoms with Gasteiger partial charge >= 0.3 is 0 Å². The van der Waals surface area contributed by atoms with Crippen LogP contribution in [0.25, 0.3) is 0 Å². The Morgan fingerprint density at radius 1 is 1.25 bits per heavy atom. The second kappa shape index (κ2) is 6.64. The van der Waals surface area contributed by atoms with Crippen LogP contribution in [0.1, 0.15) is 19.3 Å². The van der Waals surface area contributed by atoms with Crippen molar-refractivity contribution in [2.24, 2.45) is 10.7 Å². The Morgan fingerprint density at radius 2 is 2.06 bits per heavy atom. The topological polar surface area (TPSA) is 41.6 Å². The molecule has 3 nitrogen and oxygen atoms in total. The van der Waals surface area contributed by atoms with Gasteiger partial charge in [-0.15, -0.1) is 0 Å². The van der Waals surface area contributed by atoms with Gasteiger partial charge in [-0.1, -0.05) is 6.42 Å². The van der Waals surface area contributed by atoms with Crippen molar-refractivity contribution in [3.05, 3.63) is 0 Å². The highest BCUT2D eigenvalue weighted by Gasteiger charge is 2.15. The predicted molar refractivity (Wildman–Crippen MR) is 75.5 cm³/mol. The number of rotatable bonds is 2. The summed E-state index contributed by atoms with van der Waals surface area (Å²) in [6.07, 6.45) is 4.06. The Labute approximate surface area is 107 Å². The van der Waals surface area contributed by atoms with E-state index in [1.807, 2.05) is 11.8 Å². The number of thioether (sulfide) groups is 2. The van der Waals surface area contributed by atoms with Crippen LogP contribution in [0.4, 0.5) is 0 Å². The number of aliphatic imine (C=N–C) groups is 1. The molecule has 0 radical (unpaired) electrons. The molecule has 0 aromatic carbocycles. The summed E-state index contributed by atoms with van der Waals surface area (Å²) in [5.74, 6) is 4.45. The van der Waals surface area contributed by atoms with Gasteiger partial charge in [-0.3, -0.25) is 4.99 Å². The third kappa shape index (κ3) is 3.77. The van der Waals surface area contributed by atoms with E-state index in [1.54, 1.807) is 0 Å². The van der Waals surface area contributed by atoms with E-state index in [1.165, 1.54) is 36.5 Å². The summed E-state index contributed by atoms with van der Waals surface area (Å²) in [7, 11) is 0. The summed E-state index contributed by atoms with van der Waals surface area (Å²) in [4.78, 5) is 6.79. The molecule has 0 aliphatic carbocycles. The lowest BCUT2D eigenvalue weighted by Gasteiger charge is -2.28. The molecule has 1 unspecified atom stereocenters. The Balaban J connectivity index is 1.76. The summed E-state index contributed by atoms with van der Waals surface area (Å²) < 4.78 is 0. The lowest BCUT2D eigenvalue weighted by atomic mass is 10.2. The van der Waals surface area contributed by atoms with E-state index in [4.69, 9.17) is 5.73 Å². The third-order valence-corrected chi connectivity index (χ3v) is 5.39. The van der Waals surface area contributed by atoms with Crippen molar-refractivity contribution in [1.29, 1.82) is 0 Å². The van der Waals surface area contributed by atoms with Gasteiger partial charge in [0.1, 0.15) is 0 Å². The van der Waals surface area contributed by atoms with E-state index in [2.05, 4.69) is 21.7 Å². The van der Waals surface area contributed by atoms with Gasteiger partial charge in [0.25, 0.3) is 0 Å². The van der Waals surface area contributed by atoms with Gasteiger partial charge in [0, 0.05) is 29.8 Å². The minimum Gasteiger partial charge on any atom is -0.370 e. The molecule has 2 N–H and O–H groups in total. The van der Waals surface area contributed by atoms with Crippen molar-refractivity contribution >= 4 is 29.5 Å². The zero-order valence-corrected chi connectivity index (χ0v) is 11.4. The molecule has 5 heteroatoms. The second-order valence-electron chi connectivity index (χ2n) is 4.29. The van der Waals surface area contributed by atoms with E-state index in [9.17, 15) is 0 Å². The number of guanidine groups is 1. The van der Waals surface area contributed by atoms with E-state index in [0.717, 1.165) is 25.6 Å². The highest BCUT2D eigenvalue weighted by atomic mass is 32.2. The normalized spacial score (nSPS) is 28.1. The molecule has 0 spiro atoms. The largest absolute Gasteiger partial charge is 0.370 e. The van der Waals surface area contributed by atoms with Gasteiger partial charge in [0.2, 0.25) is 0 Å². The lowest BCUT2D eigenvalue weighted by molar-refractivity contribution is 0.455. The molecule has 2 aliphatic rings. The van der Waals surface area contributed by atoms with E-state index in [0.29, 0.717) is 5.25 Å². The summed E-state index contributed by atoms with van der Waals surface area (Å²) in [6.45, 7) is 3.05. The third-order valence-electron chi connectivity index (χ3n) is 3.07. The van der Waals surface area contributed by atoms with Crippen LogP contribution in [-0.2, 0) is 0 Å². The van der Waals surface area contributed by atoms with Gasteiger partial charge in [0.15, 0.2) is 5.96 Å². The molecule has 2 heterocycles. The smallest absolute Gasteiger partial charge is 0.191 e. The van der Waals surface area contributed by atoms with Crippen molar-refractivity contribution in [2.75, 3.05) is 36.9 Å². The summed E-state index contributed by atoms with van der Waals surface area (Å²) in [6, 6.07) is 0. The number of hydrogen-bond acceptors (Lipinski definition) is 3. The fourth-order valence-corrected chi connectivity index (χ4v) is 4.16. The van der Waals surface area contributed by atoms with Gasteiger partial charge in [0.05, 0.1) is 6.54 Å². The average Bonchev–Trinajstić information content (AvgIpc) is 2.38. The Kier molecular flexibility index (Phi) is 5.16. The first-order valence-electron chi connectivity index (χ1n) is 6.10. The van der Waals surface area contributed by atoms with Gasteiger partial charge in [-0.25, -0.2) is 0 Å². The van der Waals surface area contributed by atoms with Gasteiger partial charge in [-0.2, -0.15) is 23.5 Å². The molecule has 92 valence electrons. The summed E-state index contributed by atoms with van der Waals surface area (Å²) in [5, 5.41) is 0.714. The second-order valence-corrected chi connectivity index (χ2v) is 6.92. The highest BCUT2D eigenvalue weighted by molar-refractivity contribution is 8.00. The molecular formula is C11H21N3S2. The number of nitrogens with two attached hydrogens (primary N) is 1. The Hall–Kier alpha value is -0.0300. The molecule has 2 saturated heterocycles. The number of nitrogens with zero attached hydrogens (tertiary/aromatic N) is 2. The number of hydrogen-bond donors (Lipinski definition) is 1. The van der Waals surface area contributed by atoms with Crippen molar-refractivity contribution < 1.29 is 0 Å². The minimum atomic E-state index is 0.714. The maximum absolute atomic E-state index is 6.02. The standard InChI is InChI=1S/C11H21N3S2/c12-11(14-4-7-15-8-5-14)13-9-10-3-1-2-6-16-10/h10H,1-9H2,(H2,12,13). The fourth-order valence-electron chi connectivity index (χ4n) is 2.04. The summed E-state index contributed by atoms with van der Waals surface area (Å²) in [5.41, 5.74) is 6.02. The van der Waals surface area contributed by atoms with Crippen molar-refractivity contribution in [1.82, 2.24) is 4.90 Å². The van der Waals surface area contributed by atoms with Crippen molar-refractivity contribution in [2.45, 2.75) is 24.5 Å². The molecule has 0 bridgehead atoms. The average molecular weight is 259 g/mol. The molecule has 0 aromatic rings. The zero-order valence-electron chi connectivity index (χ0n) is 9.73. The molecule has 0 saturated carbocycles. The van der Waals surface area contributed by atoms with E-state index < -0.39 is 0 Å². The van der Waals surface area contributed by atoms with Gasteiger partial charge < -0.3 is 10.6 Å². The molecular weight excluding hydrogens is 238 g/mol. The van der Waals surface area contributed by atoms with Crippen LogP contribution in [0.5, 0.6) is 0 Å². The molecule has 0 aromatic heterocycles. The van der Waals surface area contributed by atoms with Crippen LogP contribution in [-0.4, -0.2) is 53.0 Å². The first-order valence-corrected chi connectivity index (χ1v) is 8.31. The Morgan fingerprint density at radius 3 is 2.75 bits per heavy atom. The zero-order chi connectivity index (χ0) is 11.2. The molecule has 2 rings (SSSR count). The fraction of sp³-hybridized carbons (Fsp3) is 0.909.